The van der Waals surface area contributed by atoms with E-state index in [9.17, 15) is 27.6 Å². The summed E-state index contributed by atoms with van der Waals surface area (Å²) in [7, 11) is 0. The smallest absolute Gasteiger partial charge is 0.330 e. The van der Waals surface area contributed by atoms with Gasteiger partial charge in [0, 0.05) is 17.7 Å². The Hall–Kier alpha value is -3.42. The molecule has 174 valence electrons. The molecule has 0 aromatic heterocycles. The number of nitrogens with one attached hydrogen (secondary N) is 1. The molecule has 33 heavy (non-hydrogen) atoms. The van der Waals surface area contributed by atoms with Gasteiger partial charge in [0.05, 0.1) is 12.1 Å². The Morgan fingerprint density at radius 1 is 1.00 bits per heavy atom. The van der Waals surface area contributed by atoms with Crippen molar-refractivity contribution in [3.63, 3.8) is 0 Å². The summed E-state index contributed by atoms with van der Waals surface area (Å²) in [5.41, 5.74) is -3.77. The minimum absolute atomic E-state index is 0.00218. The van der Waals surface area contributed by atoms with Crippen LogP contribution in [0.3, 0.4) is 0 Å². The van der Waals surface area contributed by atoms with Crippen molar-refractivity contribution in [3.8, 4) is 0 Å². The highest BCUT2D eigenvalue weighted by molar-refractivity contribution is 6.18. The molecule has 1 aliphatic rings. The average molecular weight is 458 g/mol. The fourth-order valence-electron chi connectivity index (χ4n) is 3.95. The second-order valence-electron chi connectivity index (χ2n) is 7.93. The molecule has 1 aliphatic heterocycles. The van der Waals surface area contributed by atoms with E-state index >= 15 is 0 Å². The number of unbranched alkanes of at least 4 members (excludes halogenated alkanes) is 1. The molecule has 0 aliphatic carbocycles. The number of carbonyl (C=O) groups excluding carboxylic acids is 3. The average Bonchev–Trinajstić information content (AvgIpc) is 3.00. The van der Waals surface area contributed by atoms with Gasteiger partial charge in [-0.25, -0.2) is 0 Å². The predicted molar refractivity (Wildman–Crippen MR) is 117 cm³/mol. The Kier molecular flexibility index (Phi) is 7.05. The van der Waals surface area contributed by atoms with Crippen LogP contribution in [-0.2, 0) is 16.1 Å². The van der Waals surface area contributed by atoms with E-state index < -0.39 is 34.9 Å². The highest BCUT2D eigenvalue weighted by Crippen LogP contribution is 2.46. The minimum Gasteiger partial charge on any atom is -0.330 e. The summed E-state index contributed by atoms with van der Waals surface area (Å²) in [5.74, 6) is -3.28. The molecule has 2 amide bonds. The molecule has 1 N–H and O–H groups in total. The number of Topliss-reactive ketones (excluding diaryl/α,β-unsaturated/α-hetero) is 1. The fourth-order valence-corrected chi connectivity index (χ4v) is 3.95. The number of halogens is 3. The number of nitrogens with zero attached hydrogens (tertiary/aromatic N) is 1. The number of amides is 2. The summed E-state index contributed by atoms with van der Waals surface area (Å²) in [6.45, 7) is 2.94. The van der Waals surface area contributed by atoms with Gasteiger partial charge in [-0.2, -0.15) is 13.2 Å². The Morgan fingerprint density at radius 2 is 1.58 bits per heavy atom. The molecule has 0 bridgehead atoms. The number of ketones is 1. The highest BCUT2D eigenvalue weighted by atomic mass is 19.4. The van der Waals surface area contributed by atoms with E-state index in [1.54, 1.807) is 43.3 Å². The maximum absolute atomic E-state index is 14.7. The first-order chi connectivity index (χ1) is 15.6. The van der Waals surface area contributed by atoms with Gasteiger partial charge in [-0.3, -0.25) is 14.4 Å². The van der Waals surface area contributed by atoms with E-state index in [1.165, 1.54) is 31.2 Å². The van der Waals surface area contributed by atoms with Gasteiger partial charge in [-0.05, 0) is 18.9 Å². The summed E-state index contributed by atoms with van der Waals surface area (Å²) in [6.07, 6.45) is -4.48. The molecule has 0 unspecified atom stereocenters. The van der Waals surface area contributed by atoms with Crippen LogP contribution in [0.15, 0.2) is 71.9 Å². The lowest BCUT2D eigenvalue weighted by atomic mass is 9.84. The molecular formula is C25H25F3N2O3. The molecular weight excluding hydrogens is 433 g/mol. The second kappa shape index (κ2) is 9.60. The minimum atomic E-state index is -5.24. The summed E-state index contributed by atoms with van der Waals surface area (Å²) in [4.78, 5) is 40.3. The van der Waals surface area contributed by atoms with E-state index in [2.05, 4.69) is 0 Å². The van der Waals surface area contributed by atoms with Crippen molar-refractivity contribution in [1.29, 1.82) is 0 Å². The molecule has 3 rings (SSSR count). The maximum Gasteiger partial charge on any atom is 0.425 e. The predicted octanol–water partition coefficient (Wildman–Crippen LogP) is 4.79. The molecule has 0 spiro atoms. The number of alkyl halides is 3. The zero-order valence-electron chi connectivity index (χ0n) is 18.4. The fraction of sp³-hybridized carbons (Fsp3) is 0.320. The van der Waals surface area contributed by atoms with E-state index in [0.29, 0.717) is 18.4 Å². The first-order valence-electron chi connectivity index (χ1n) is 10.7. The zero-order chi connectivity index (χ0) is 24.2. The normalized spacial score (nSPS) is 18.6. The molecule has 5 nitrogen and oxygen atoms in total. The highest BCUT2D eigenvalue weighted by Gasteiger charge is 2.70. The topological polar surface area (TPSA) is 66.5 Å². The summed E-state index contributed by atoms with van der Waals surface area (Å²) in [6, 6.07) is 15.9. The first kappa shape index (κ1) is 24.2. The van der Waals surface area contributed by atoms with Gasteiger partial charge in [-0.15, -0.1) is 0 Å². The summed E-state index contributed by atoms with van der Waals surface area (Å²) in [5, 5.41) is 1.93. The first-order valence-corrected chi connectivity index (χ1v) is 10.7. The van der Waals surface area contributed by atoms with E-state index in [-0.39, 0.29) is 24.2 Å². The number of rotatable bonds is 8. The Morgan fingerprint density at radius 3 is 2.12 bits per heavy atom. The van der Waals surface area contributed by atoms with Crippen LogP contribution in [0.4, 0.5) is 13.2 Å². The molecule has 2 aromatic carbocycles. The monoisotopic (exact) mass is 458 g/mol. The van der Waals surface area contributed by atoms with Gasteiger partial charge >= 0.3 is 6.18 Å². The van der Waals surface area contributed by atoms with Crippen molar-refractivity contribution >= 4 is 17.6 Å². The molecule has 0 saturated heterocycles. The molecule has 1 heterocycles. The number of hydrogen-bond donors (Lipinski definition) is 1. The van der Waals surface area contributed by atoms with Crippen LogP contribution in [0.2, 0.25) is 0 Å². The van der Waals surface area contributed by atoms with Crippen molar-refractivity contribution in [2.75, 3.05) is 0 Å². The van der Waals surface area contributed by atoms with Gasteiger partial charge in [0.1, 0.15) is 0 Å². The van der Waals surface area contributed by atoms with Gasteiger partial charge in [-0.1, -0.05) is 74.0 Å². The van der Waals surface area contributed by atoms with Crippen molar-refractivity contribution in [3.05, 3.63) is 83.1 Å². The SMILES string of the molecule is CCCCC(=O)N[C@]1(C(F)(F)F)C(=O)N(Cc2ccccc2)C(C)=C1C(=O)c1ccccc1. The van der Waals surface area contributed by atoms with Crippen LogP contribution in [0.25, 0.3) is 0 Å². The molecule has 2 aromatic rings. The Bertz CT molecular complexity index is 1070. The van der Waals surface area contributed by atoms with Crippen LogP contribution < -0.4 is 5.32 Å². The van der Waals surface area contributed by atoms with Crippen LogP contribution in [0.1, 0.15) is 49.0 Å². The number of allylic oxidation sites excluding steroid dienone is 1. The van der Waals surface area contributed by atoms with Gasteiger partial charge in [0.25, 0.3) is 5.91 Å². The van der Waals surface area contributed by atoms with Gasteiger partial charge in [0.15, 0.2) is 5.78 Å². The molecule has 0 fully saturated rings. The largest absolute Gasteiger partial charge is 0.425 e. The quantitative estimate of drug-likeness (QED) is 0.579. The van der Waals surface area contributed by atoms with Crippen LogP contribution in [-0.4, -0.2) is 34.2 Å². The van der Waals surface area contributed by atoms with E-state index in [1.807, 2.05) is 5.32 Å². The third-order valence-electron chi connectivity index (χ3n) is 5.66. The van der Waals surface area contributed by atoms with Crippen molar-refractivity contribution in [1.82, 2.24) is 10.2 Å². The Labute approximate surface area is 190 Å². The second-order valence-corrected chi connectivity index (χ2v) is 7.93. The lowest BCUT2D eigenvalue weighted by molar-refractivity contribution is -0.193. The molecule has 8 heteroatoms. The Balaban J connectivity index is 2.17. The third-order valence-corrected chi connectivity index (χ3v) is 5.66. The number of carbonyl (C=O) groups is 3. The summed E-state index contributed by atoms with van der Waals surface area (Å²) < 4.78 is 44.1. The van der Waals surface area contributed by atoms with Gasteiger partial charge < -0.3 is 10.2 Å². The lowest BCUT2D eigenvalue weighted by Gasteiger charge is -2.33. The van der Waals surface area contributed by atoms with E-state index in [0.717, 1.165) is 4.90 Å². The lowest BCUT2D eigenvalue weighted by Crippen LogP contribution is -2.66. The molecule has 1 atom stereocenters. The summed E-state index contributed by atoms with van der Waals surface area (Å²) >= 11 is 0. The standard InChI is InChI=1S/C25H25F3N2O3/c1-3-4-15-20(31)29-24(25(26,27)28)21(22(32)19-13-9-6-10-14-19)17(2)30(23(24)33)16-18-11-7-5-8-12-18/h5-14H,3-4,15-16H2,1-2H3,(H,29,31)/t24-/m0/s1. The van der Waals surface area contributed by atoms with Crippen molar-refractivity contribution < 1.29 is 27.6 Å². The zero-order valence-corrected chi connectivity index (χ0v) is 18.4. The number of hydrogen-bond acceptors (Lipinski definition) is 3. The maximum atomic E-state index is 14.7. The third kappa shape index (κ3) is 4.55. The van der Waals surface area contributed by atoms with Crippen LogP contribution in [0.5, 0.6) is 0 Å². The molecule has 0 radical (unpaired) electrons. The van der Waals surface area contributed by atoms with Crippen molar-refractivity contribution in [2.45, 2.75) is 51.4 Å². The van der Waals surface area contributed by atoms with Gasteiger partial charge in [0.2, 0.25) is 11.4 Å². The molecule has 0 saturated carbocycles. The van der Waals surface area contributed by atoms with Crippen LogP contribution in [0, 0.1) is 0 Å². The number of benzene rings is 2. The van der Waals surface area contributed by atoms with Crippen molar-refractivity contribution in [2.24, 2.45) is 0 Å². The van der Waals surface area contributed by atoms with E-state index in [4.69, 9.17) is 0 Å². The van der Waals surface area contributed by atoms with Crippen LogP contribution >= 0.6 is 0 Å².